The Morgan fingerprint density at radius 1 is 1.00 bits per heavy atom. The highest BCUT2D eigenvalue weighted by Gasteiger charge is 2.22. The van der Waals surface area contributed by atoms with Crippen LogP contribution in [0.5, 0.6) is 11.8 Å². The van der Waals surface area contributed by atoms with E-state index < -0.39 is 0 Å². The van der Waals surface area contributed by atoms with Crippen molar-refractivity contribution >= 4 is 28.3 Å². The lowest BCUT2D eigenvalue weighted by Crippen LogP contribution is -2.04. The molecular weight excluding hydrogens is 388 g/mol. The fourth-order valence-electron chi connectivity index (χ4n) is 3.47. The molecule has 2 heterocycles. The first-order valence-corrected chi connectivity index (χ1v) is 9.84. The Kier molecular flexibility index (Phi) is 4.28. The largest absolute Gasteiger partial charge is 0.494 e. The molecule has 0 aliphatic heterocycles. The third-order valence-corrected chi connectivity index (χ3v) is 5.43. The Labute approximate surface area is 172 Å². The molecule has 2 aromatic heterocycles. The minimum absolute atomic E-state index is 0.0228. The second kappa shape index (κ2) is 6.97. The van der Waals surface area contributed by atoms with Gasteiger partial charge in [0.05, 0.1) is 17.1 Å². The summed E-state index contributed by atoms with van der Waals surface area (Å²) in [5.74, 6) is 0.851. The van der Waals surface area contributed by atoms with Crippen molar-refractivity contribution in [1.29, 1.82) is 0 Å². The minimum Gasteiger partial charge on any atom is -0.494 e. The number of aromatic nitrogens is 3. The van der Waals surface area contributed by atoms with Crippen LogP contribution in [0.2, 0.25) is 5.02 Å². The van der Waals surface area contributed by atoms with Crippen molar-refractivity contribution in [3.8, 4) is 22.9 Å². The van der Waals surface area contributed by atoms with Crippen molar-refractivity contribution in [2.75, 3.05) is 5.32 Å². The zero-order valence-corrected chi connectivity index (χ0v) is 16.3. The van der Waals surface area contributed by atoms with E-state index in [1.54, 1.807) is 0 Å². The maximum atomic E-state index is 9.91. The number of nitrogens with one attached hydrogen (secondary N) is 1. The summed E-state index contributed by atoms with van der Waals surface area (Å²) in [7, 11) is 0. The predicted octanol–water partition coefficient (Wildman–Crippen LogP) is 4.79. The molecule has 2 aromatic carbocycles. The summed E-state index contributed by atoms with van der Waals surface area (Å²) < 4.78 is 1.44. The number of benzene rings is 2. The lowest BCUT2D eigenvalue weighted by atomic mass is 10.0. The molecule has 0 radical (unpaired) electrons. The molecule has 0 bridgehead atoms. The molecule has 29 heavy (non-hydrogen) atoms. The standard InChI is InChI=1S/C22H19ClN4O2/c23-18-10-15(9-17-21(18)24-12-25-22(17)26-16-4-5-16)14-3-1-2-13(8-14)11-27-19(28)6-7-20(27)29/h1-3,6-10,12,16,28-29H,4-5,11H2,(H,24,25,26). The van der Waals surface area contributed by atoms with E-state index in [-0.39, 0.29) is 11.8 Å². The SMILES string of the molecule is Oc1ccc(O)n1Cc1cccc(-c2cc(Cl)c3ncnc(NC4CC4)c3c2)c1. The summed E-state index contributed by atoms with van der Waals surface area (Å²) in [5.41, 5.74) is 3.62. The zero-order valence-electron chi connectivity index (χ0n) is 15.5. The monoisotopic (exact) mass is 406 g/mol. The maximum Gasteiger partial charge on any atom is 0.194 e. The Morgan fingerprint density at radius 2 is 1.79 bits per heavy atom. The van der Waals surface area contributed by atoms with Gasteiger partial charge >= 0.3 is 0 Å². The molecule has 0 unspecified atom stereocenters. The number of nitrogens with zero attached hydrogens (tertiary/aromatic N) is 3. The number of rotatable bonds is 5. The molecule has 0 saturated heterocycles. The number of hydrogen-bond donors (Lipinski definition) is 3. The highest BCUT2D eigenvalue weighted by atomic mass is 35.5. The van der Waals surface area contributed by atoms with Crippen LogP contribution in [0.4, 0.5) is 5.82 Å². The first-order chi connectivity index (χ1) is 14.1. The number of halogens is 1. The fourth-order valence-corrected chi connectivity index (χ4v) is 3.74. The van der Waals surface area contributed by atoms with Gasteiger partial charge in [0.15, 0.2) is 11.8 Å². The maximum absolute atomic E-state index is 9.91. The average Bonchev–Trinajstić information content (AvgIpc) is 3.49. The van der Waals surface area contributed by atoms with Crippen LogP contribution in [0.25, 0.3) is 22.0 Å². The Morgan fingerprint density at radius 3 is 2.55 bits per heavy atom. The molecule has 0 amide bonds. The van der Waals surface area contributed by atoms with Gasteiger partial charge in [-0.1, -0.05) is 29.8 Å². The third-order valence-electron chi connectivity index (χ3n) is 5.15. The van der Waals surface area contributed by atoms with E-state index >= 15 is 0 Å². The first kappa shape index (κ1) is 17.8. The first-order valence-electron chi connectivity index (χ1n) is 9.46. The molecule has 0 spiro atoms. The van der Waals surface area contributed by atoms with Gasteiger partial charge in [0, 0.05) is 23.6 Å². The van der Waals surface area contributed by atoms with Gasteiger partial charge in [-0.05, 0) is 47.7 Å². The van der Waals surface area contributed by atoms with Crippen LogP contribution in [0.1, 0.15) is 18.4 Å². The van der Waals surface area contributed by atoms with E-state index in [1.807, 2.05) is 30.3 Å². The number of anilines is 1. The summed E-state index contributed by atoms with van der Waals surface area (Å²) in [6.45, 7) is 0.359. The van der Waals surface area contributed by atoms with Gasteiger partial charge in [-0.15, -0.1) is 0 Å². The molecule has 146 valence electrons. The zero-order chi connectivity index (χ0) is 20.0. The van der Waals surface area contributed by atoms with Crippen molar-refractivity contribution in [1.82, 2.24) is 14.5 Å². The van der Waals surface area contributed by atoms with Gasteiger partial charge in [-0.25, -0.2) is 9.97 Å². The van der Waals surface area contributed by atoms with Crippen LogP contribution in [0.15, 0.2) is 54.9 Å². The van der Waals surface area contributed by atoms with Gasteiger partial charge in [0.25, 0.3) is 0 Å². The quantitative estimate of drug-likeness (QED) is 0.444. The number of fused-ring (bicyclic) bond motifs is 1. The normalized spacial score (nSPS) is 13.7. The van der Waals surface area contributed by atoms with E-state index in [1.165, 1.54) is 23.0 Å². The number of aromatic hydroxyl groups is 2. The van der Waals surface area contributed by atoms with Gasteiger partial charge < -0.3 is 15.5 Å². The molecule has 4 aromatic rings. The van der Waals surface area contributed by atoms with Gasteiger partial charge in [0.1, 0.15) is 12.1 Å². The van der Waals surface area contributed by atoms with Crippen LogP contribution < -0.4 is 5.32 Å². The van der Waals surface area contributed by atoms with Crippen molar-refractivity contribution in [3.63, 3.8) is 0 Å². The average molecular weight is 407 g/mol. The predicted molar refractivity (Wildman–Crippen MR) is 113 cm³/mol. The molecule has 1 saturated carbocycles. The summed E-state index contributed by atoms with van der Waals surface area (Å²) in [6.07, 6.45) is 3.84. The minimum atomic E-state index is 0.0228. The van der Waals surface area contributed by atoms with E-state index in [0.717, 1.165) is 46.3 Å². The van der Waals surface area contributed by atoms with Crippen LogP contribution in [-0.2, 0) is 6.54 Å². The Bertz CT molecular complexity index is 1200. The molecule has 1 fully saturated rings. The lowest BCUT2D eigenvalue weighted by molar-refractivity contribution is 0.377. The van der Waals surface area contributed by atoms with Crippen molar-refractivity contribution in [2.24, 2.45) is 0 Å². The van der Waals surface area contributed by atoms with Crippen molar-refractivity contribution < 1.29 is 10.2 Å². The van der Waals surface area contributed by atoms with Crippen molar-refractivity contribution in [2.45, 2.75) is 25.4 Å². The van der Waals surface area contributed by atoms with Crippen LogP contribution in [0, 0.1) is 0 Å². The van der Waals surface area contributed by atoms with Crippen molar-refractivity contribution in [3.05, 3.63) is 65.4 Å². The van der Waals surface area contributed by atoms with E-state index in [2.05, 4.69) is 21.4 Å². The molecule has 0 atom stereocenters. The lowest BCUT2D eigenvalue weighted by Gasteiger charge is -2.12. The Balaban J connectivity index is 1.55. The molecule has 3 N–H and O–H groups in total. The van der Waals surface area contributed by atoms with Crippen LogP contribution in [0.3, 0.4) is 0 Å². The van der Waals surface area contributed by atoms with Crippen LogP contribution in [-0.4, -0.2) is 30.8 Å². The second-order valence-electron chi connectivity index (χ2n) is 7.33. The highest BCUT2D eigenvalue weighted by Crippen LogP contribution is 2.35. The second-order valence-corrected chi connectivity index (χ2v) is 7.74. The topological polar surface area (TPSA) is 83.2 Å². The molecule has 7 heteroatoms. The van der Waals surface area contributed by atoms with Crippen LogP contribution >= 0.6 is 11.6 Å². The van der Waals surface area contributed by atoms with E-state index in [4.69, 9.17) is 11.6 Å². The molecular formula is C22H19ClN4O2. The van der Waals surface area contributed by atoms with Gasteiger partial charge in [-0.3, -0.25) is 4.57 Å². The fraction of sp³-hybridized carbons (Fsp3) is 0.182. The third kappa shape index (κ3) is 3.47. The molecule has 5 rings (SSSR count). The Hall–Kier alpha value is -3.25. The molecule has 1 aliphatic carbocycles. The highest BCUT2D eigenvalue weighted by molar-refractivity contribution is 6.35. The van der Waals surface area contributed by atoms with E-state index in [0.29, 0.717) is 17.6 Å². The molecule has 1 aliphatic rings. The van der Waals surface area contributed by atoms with Gasteiger partial charge in [-0.2, -0.15) is 0 Å². The molecule has 6 nitrogen and oxygen atoms in total. The smallest absolute Gasteiger partial charge is 0.194 e. The summed E-state index contributed by atoms with van der Waals surface area (Å²) in [4.78, 5) is 8.76. The van der Waals surface area contributed by atoms with E-state index in [9.17, 15) is 10.2 Å². The van der Waals surface area contributed by atoms with Gasteiger partial charge in [0.2, 0.25) is 0 Å². The summed E-state index contributed by atoms with van der Waals surface area (Å²) in [5, 5.41) is 24.7. The summed E-state index contributed by atoms with van der Waals surface area (Å²) >= 11 is 6.54. The number of hydrogen-bond acceptors (Lipinski definition) is 5. The summed E-state index contributed by atoms with van der Waals surface area (Å²) in [6, 6.07) is 15.3.